The minimum atomic E-state index is -0.0876. The molecule has 0 saturated carbocycles. The molecular weight excluding hydrogens is 180 g/mol. The average Bonchev–Trinajstić information content (AvgIpc) is 2.52. The summed E-state index contributed by atoms with van der Waals surface area (Å²) in [5.41, 5.74) is 0.200. The molecule has 0 N–H and O–H groups in total. The molecular formula is C11H20O3. The monoisotopic (exact) mass is 200 g/mol. The first kappa shape index (κ1) is 11.5. The zero-order valence-electron chi connectivity index (χ0n) is 9.34. The molecule has 0 aromatic heterocycles. The van der Waals surface area contributed by atoms with E-state index in [0.717, 1.165) is 19.4 Å². The summed E-state index contributed by atoms with van der Waals surface area (Å²) in [4.78, 5) is 11.4. The fourth-order valence-electron chi connectivity index (χ4n) is 1.33. The van der Waals surface area contributed by atoms with Crippen LogP contribution in [-0.4, -0.2) is 25.3 Å². The second kappa shape index (κ2) is 4.78. The molecule has 0 bridgehead atoms. The van der Waals surface area contributed by atoms with Crippen LogP contribution in [0.25, 0.3) is 0 Å². The molecule has 1 unspecified atom stereocenters. The smallest absolute Gasteiger partial charge is 0.306 e. The van der Waals surface area contributed by atoms with Gasteiger partial charge in [-0.15, -0.1) is 0 Å². The first-order valence-electron chi connectivity index (χ1n) is 5.24. The van der Waals surface area contributed by atoms with Crippen LogP contribution in [0.1, 0.15) is 40.0 Å². The Morgan fingerprint density at radius 3 is 2.71 bits per heavy atom. The van der Waals surface area contributed by atoms with E-state index in [-0.39, 0.29) is 17.5 Å². The molecule has 0 amide bonds. The number of hydrogen-bond donors (Lipinski definition) is 0. The van der Waals surface area contributed by atoms with E-state index in [1.165, 1.54) is 0 Å². The number of rotatable bonds is 3. The largest absolute Gasteiger partial charge is 0.460 e. The summed E-state index contributed by atoms with van der Waals surface area (Å²) >= 11 is 0. The highest BCUT2D eigenvalue weighted by Crippen LogP contribution is 2.21. The molecule has 0 spiro atoms. The lowest BCUT2D eigenvalue weighted by Crippen LogP contribution is -2.19. The van der Waals surface area contributed by atoms with Crippen molar-refractivity contribution in [1.82, 2.24) is 0 Å². The predicted molar refractivity (Wildman–Crippen MR) is 54.0 cm³/mol. The minimum absolute atomic E-state index is 0.00229. The molecule has 0 aromatic carbocycles. The van der Waals surface area contributed by atoms with Gasteiger partial charge in [-0.1, -0.05) is 20.8 Å². The summed E-state index contributed by atoms with van der Waals surface area (Å²) in [6, 6.07) is 0. The van der Waals surface area contributed by atoms with Crippen LogP contribution in [0.3, 0.4) is 0 Å². The fourth-order valence-corrected chi connectivity index (χ4v) is 1.33. The van der Waals surface area contributed by atoms with Crippen molar-refractivity contribution in [2.24, 2.45) is 5.41 Å². The standard InChI is InChI=1S/C11H20O3/c1-11(2,3)6-4-10(12)14-9-5-7-13-8-9/h9H,4-8H2,1-3H3. The second-order valence-electron chi connectivity index (χ2n) is 5.04. The van der Waals surface area contributed by atoms with Crippen LogP contribution in [0.4, 0.5) is 0 Å². The summed E-state index contributed by atoms with van der Waals surface area (Å²) in [6.07, 6.45) is 2.24. The van der Waals surface area contributed by atoms with Crippen molar-refractivity contribution in [3.8, 4) is 0 Å². The SMILES string of the molecule is CC(C)(C)CCC(=O)OC1CCOC1. The van der Waals surface area contributed by atoms with E-state index < -0.39 is 0 Å². The van der Waals surface area contributed by atoms with E-state index >= 15 is 0 Å². The van der Waals surface area contributed by atoms with E-state index in [0.29, 0.717) is 13.0 Å². The summed E-state index contributed by atoms with van der Waals surface area (Å²) < 4.78 is 10.4. The maximum absolute atomic E-state index is 11.4. The normalized spacial score (nSPS) is 22.4. The van der Waals surface area contributed by atoms with Crippen LogP contribution >= 0.6 is 0 Å². The fraction of sp³-hybridized carbons (Fsp3) is 0.909. The van der Waals surface area contributed by atoms with Gasteiger partial charge < -0.3 is 9.47 Å². The molecule has 1 aliphatic heterocycles. The van der Waals surface area contributed by atoms with Gasteiger partial charge in [-0.3, -0.25) is 4.79 Å². The number of hydrogen-bond acceptors (Lipinski definition) is 3. The number of carbonyl (C=O) groups is 1. The maximum atomic E-state index is 11.4. The third-order valence-corrected chi connectivity index (χ3v) is 2.27. The van der Waals surface area contributed by atoms with Crippen molar-refractivity contribution in [2.45, 2.75) is 46.1 Å². The minimum Gasteiger partial charge on any atom is -0.460 e. The molecule has 3 heteroatoms. The van der Waals surface area contributed by atoms with E-state index in [2.05, 4.69) is 20.8 Å². The lowest BCUT2D eigenvalue weighted by molar-refractivity contribution is -0.149. The zero-order chi connectivity index (χ0) is 10.6. The summed E-state index contributed by atoms with van der Waals surface area (Å²) in [6.45, 7) is 7.66. The Morgan fingerprint density at radius 2 is 2.21 bits per heavy atom. The van der Waals surface area contributed by atoms with Crippen LogP contribution in [-0.2, 0) is 14.3 Å². The molecule has 1 aliphatic rings. The Bertz CT molecular complexity index is 187. The van der Waals surface area contributed by atoms with Gasteiger partial charge in [0.1, 0.15) is 6.10 Å². The molecule has 1 atom stereocenters. The molecule has 1 rings (SSSR count). The Labute approximate surface area is 85.8 Å². The Kier molecular flexibility index (Phi) is 3.93. The summed E-state index contributed by atoms with van der Waals surface area (Å²) in [7, 11) is 0. The summed E-state index contributed by atoms with van der Waals surface area (Å²) in [5.74, 6) is -0.0876. The topological polar surface area (TPSA) is 35.5 Å². The van der Waals surface area contributed by atoms with E-state index in [4.69, 9.17) is 9.47 Å². The highest BCUT2D eigenvalue weighted by atomic mass is 16.6. The second-order valence-corrected chi connectivity index (χ2v) is 5.04. The van der Waals surface area contributed by atoms with Crippen LogP contribution in [0.5, 0.6) is 0 Å². The van der Waals surface area contributed by atoms with Gasteiger partial charge in [0.25, 0.3) is 0 Å². The first-order chi connectivity index (χ1) is 6.47. The van der Waals surface area contributed by atoms with E-state index in [1.54, 1.807) is 0 Å². The number of esters is 1. The predicted octanol–water partition coefficient (Wildman–Crippen LogP) is 2.14. The molecule has 82 valence electrons. The van der Waals surface area contributed by atoms with Crippen LogP contribution < -0.4 is 0 Å². The van der Waals surface area contributed by atoms with Gasteiger partial charge in [-0.05, 0) is 11.8 Å². The quantitative estimate of drug-likeness (QED) is 0.655. The lowest BCUT2D eigenvalue weighted by atomic mass is 9.91. The molecule has 1 heterocycles. The average molecular weight is 200 g/mol. The van der Waals surface area contributed by atoms with Crippen molar-refractivity contribution in [3.05, 3.63) is 0 Å². The highest BCUT2D eigenvalue weighted by molar-refractivity contribution is 5.69. The molecule has 1 saturated heterocycles. The van der Waals surface area contributed by atoms with Gasteiger partial charge >= 0.3 is 5.97 Å². The van der Waals surface area contributed by atoms with E-state index in [1.807, 2.05) is 0 Å². The molecule has 0 aliphatic carbocycles. The molecule has 1 fully saturated rings. The number of ether oxygens (including phenoxy) is 2. The lowest BCUT2D eigenvalue weighted by Gasteiger charge is -2.17. The molecule has 0 aromatic rings. The zero-order valence-corrected chi connectivity index (χ0v) is 9.34. The Balaban J connectivity index is 2.15. The third kappa shape index (κ3) is 4.61. The molecule has 0 radical (unpaired) electrons. The van der Waals surface area contributed by atoms with Crippen molar-refractivity contribution in [3.63, 3.8) is 0 Å². The summed E-state index contributed by atoms with van der Waals surface area (Å²) in [5, 5.41) is 0. The maximum Gasteiger partial charge on any atom is 0.306 e. The Morgan fingerprint density at radius 1 is 1.50 bits per heavy atom. The highest BCUT2D eigenvalue weighted by Gasteiger charge is 2.21. The van der Waals surface area contributed by atoms with Gasteiger partial charge in [-0.25, -0.2) is 0 Å². The number of carbonyl (C=O) groups excluding carboxylic acids is 1. The molecule has 3 nitrogen and oxygen atoms in total. The van der Waals surface area contributed by atoms with Gasteiger partial charge in [0.05, 0.1) is 13.2 Å². The van der Waals surface area contributed by atoms with Gasteiger partial charge in [-0.2, -0.15) is 0 Å². The molecule has 14 heavy (non-hydrogen) atoms. The van der Waals surface area contributed by atoms with Crippen molar-refractivity contribution in [2.75, 3.05) is 13.2 Å². The van der Waals surface area contributed by atoms with Gasteiger partial charge in [0.2, 0.25) is 0 Å². The van der Waals surface area contributed by atoms with Crippen molar-refractivity contribution in [1.29, 1.82) is 0 Å². The van der Waals surface area contributed by atoms with Gasteiger partial charge in [0, 0.05) is 12.8 Å². The van der Waals surface area contributed by atoms with Crippen LogP contribution in [0.15, 0.2) is 0 Å². The van der Waals surface area contributed by atoms with Crippen LogP contribution in [0.2, 0.25) is 0 Å². The van der Waals surface area contributed by atoms with Crippen molar-refractivity contribution >= 4 is 5.97 Å². The third-order valence-electron chi connectivity index (χ3n) is 2.27. The van der Waals surface area contributed by atoms with Crippen molar-refractivity contribution < 1.29 is 14.3 Å². The first-order valence-corrected chi connectivity index (χ1v) is 5.24. The van der Waals surface area contributed by atoms with Gasteiger partial charge in [0.15, 0.2) is 0 Å². The van der Waals surface area contributed by atoms with E-state index in [9.17, 15) is 4.79 Å². The Hall–Kier alpha value is -0.570. The van der Waals surface area contributed by atoms with Crippen LogP contribution in [0, 0.1) is 5.41 Å².